The number of benzene rings is 1. The summed E-state index contributed by atoms with van der Waals surface area (Å²) >= 11 is 0. The third-order valence-electron chi connectivity index (χ3n) is 3.44. The highest BCUT2D eigenvalue weighted by Crippen LogP contribution is 2.23. The largest absolute Gasteiger partial charge is 0.573 e. The van der Waals surface area contributed by atoms with E-state index in [9.17, 15) is 26.3 Å². The van der Waals surface area contributed by atoms with Gasteiger partial charge in [-0.3, -0.25) is 4.90 Å². The van der Waals surface area contributed by atoms with Crippen molar-refractivity contribution in [2.75, 3.05) is 13.1 Å². The fraction of sp³-hybridized carbons (Fsp3) is 0.533. The first-order chi connectivity index (χ1) is 11.9. The summed E-state index contributed by atoms with van der Waals surface area (Å²) < 4.78 is 71.6. The molecule has 0 aromatic heterocycles. The second-order valence-corrected chi connectivity index (χ2v) is 5.61. The van der Waals surface area contributed by atoms with Crippen molar-refractivity contribution in [1.82, 2.24) is 4.90 Å². The van der Waals surface area contributed by atoms with Gasteiger partial charge < -0.3 is 15.6 Å². The summed E-state index contributed by atoms with van der Waals surface area (Å²) in [6, 6.07) is 6.29. The van der Waals surface area contributed by atoms with Crippen LogP contribution in [0.4, 0.5) is 26.3 Å². The first kappa shape index (κ1) is 22.0. The van der Waals surface area contributed by atoms with Gasteiger partial charge in [0.05, 0.1) is 0 Å². The minimum Gasteiger partial charge on any atom is -0.475 e. The number of carbonyl (C=O) groups is 1. The Hall–Kier alpha value is -2.01. The standard InChI is InChI=1S/C13H17F3N2O.C2HF3O2/c14-13(15,16)19-12-3-1-10(2-4-12)9-18-7-5-11(17)6-8-18;3-2(4,5)1(6)7/h1-4,11H,5-9,17H2;(H,6,7). The predicted octanol–water partition coefficient (Wildman–Crippen LogP) is 3.14. The number of aliphatic carboxylic acids is 1. The van der Waals surface area contributed by atoms with Gasteiger partial charge in [-0.05, 0) is 43.6 Å². The molecule has 11 heteroatoms. The molecule has 0 spiro atoms. The fourth-order valence-corrected chi connectivity index (χ4v) is 2.17. The number of piperidine rings is 1. The highest BCUT2D eigenvalue weighted by Gasteiger charge is 2.38. The van der Waals surface area contributed by atoms with Gasteiger partial charge in [-0.25, -0.2) is 4.79 Å². The summed E-state index contributed by atoms with van der Waals surface area (Å²) in [6.45, 7) is 2.60. The van der Waals surface area contributed by atoms with E-state index in [1.807, 2.05) is 0 Å². The van der Waals surface area contributed by atoms with Crippen LogP contribution in [-0.4, -0.2) is 47.6 Å². The highest BCUT2D eigenvalue weighted by molar-refractivity contribution is 5.73. The molecule has 1 saturated heterocycles. The van der Waals surface area contributed by atoms with Crippen molar-refractivity contribution in [1.29, 1.82) is 0 Å². The van der Waals surface area contributed by atoms with E-state index in [2.05, 4.69) is 9.64 Å². The number of carboxylic acid groups (broad SMARTS) is 1. The van der Waals surface area contributed by atoms with Crippen molar-refractivity contribution in [3.63, 3.8) is 0 Å². The Kier molecular flexibility index (Phi) is 7.69. The van der Waals surface area contributed by atoms with Crippen LogP contribution in [-0.2, 0) is 11.3 Å². The van der Waals surface area contributed by atoms with Crippen molar-refractivity contribution in [2.45, 2.75) is 38.0 Å². The minimum absolute atomic E-state index is 0.183. The van der Waals surface area contributed by atoms with Crippen LogP contribution in [0.3, 0.4) is 0 Å². The Balaban J connectivity index is 0.000000412. The van der Waals surface area contributed by atoms with Crippen LogP contribution in [0.5, 0.6) is 5.75 Å². The highest BCUT2D eigenvalue weighted by atomic mass is 19.4. The number of halogens is 6. The van der Waals surface area contributed by atoms with Crippen molar-refractivity contribution in [3.8, 4) is 5.75 Å². The number of hydrogen-bond donors (Lipinski definition) is 2. The van der Waals surface area contributed by atoms with Crippen LogP contribution >= 0.6 is 0 Å². The van der Waals surface area contributed by atoms with Crippen molar-refractivity contribution in [2.24, 2.45) is 5.73 Å². The molecule has 3 N–H and O–H groups in total. The molecular weight excluding hydrogens is 370 g/mol. The lowest BCUT2D eigenvalue weighted by Crippen LogP contribution is -2.39. The number of nitrogens with zero attached hydrogens (tertiary/aromatic N) is 1. The molecule has 1 aromatic carbocycles. The van der Waals surface area contributed by atoms with E-state index in [0.717, 1.165) is 38.0 Å². The maximum absolute atomic E-state index is 12.0. The first-order valence-electron chi connectivity index (χ1n) is 7.49. The van der Waals surface area contributed by atoms with Gasteiger partial charge in [-0.15, -0.1) is 13.2 Å². The molecule has 5 nitrogen and oxygen atoms in total. The number of alkyl halides is 6. The van der Waals surface area contributed by atoms with Gasteiger partial charge in [0.2, 0.25) is 0 Å². The normalized spacial score (nSPS) is 16.6. The molecule has 0 aliphatic carbocycles. The summed E-state index contributed by atoms with van der Waals surface area (Å²) in [5.41, 5.74) is 6.80. The van der Waals surface area contributed by atoms with Crippen LogP contribution in [0.15, 0.2) is 24.3 Å². The maximum atomic E-state index is 12.0. The van der Waals surface area contributed by atoms with E-state index in [1.54, 1.807) is 12.1 Å². The van der Waals surface area contributed by atoms with E-state index in [1.165, 1.54) is 12.1 Å². The van der Waals surface area contributed by atoms with E-state index < -0.39 is 18.5 Å². The second kappa shape index (κ2) is 9.08. The molecule has 0 bridgehead atoms. The third-order valence-corrected chi connectivity index (χ3v) is 3.44. The van der Waals surface area contributed by atoms with Crippen LogP contribution in [0, 0.1) is 0 Å². The summed E-state index contributed by atoms with van der Waals surface area (Å²) in [7, 11) is 0. The van der Waals surface area contributed by atoms with Crippen molar-refractivity contribution < 1.29 is 41.0 Å². The van der Waals surface area contributed by atoms with Gasteiger partial charge in [-0.2, -0.15) is 13.2 Å². The monoisotopic (exact) mass is 388 g/mol. The summed E-state index contributed by atoms with van der Waals surface area (Å²) in [4.78, 5) is 11.1. The van der Waals surface area contributed by atoms with Gasteiger partial charge in [-0.1, -0.05) is 12.1 Å². The van der Waals surface area contributed by atoms with Gasteiger partial charge in [0.15, 0.2) is 0 Å². The molecule has 1 heterocycles. The molecule has 1 aliphatic rings. The Labute approximate surface area is 145 Å². The lowest BCUT2D eigenvalue weighted by Gasteiger charge is -2.30. The lowest BCUT2D eigenvalue weighted by molar-refractivity contribution is -0.274. The summed E-state index contributed by atoms with van der Waals surface area (Å²) in [5, 5.41) is 7.12. The molecule has 1 fully saturated rings. The topological polar surface area (TPSA) is 75.8 Å². The quantitative estimate of drug-likeness (QED) is 0.779. The van der Waals surface area contributed by atoms with Gasteiger partial charge in [0, 0.05) is 12.6 Å². The van der Waals surface area contributed by atoms with Gasteiger partial charge in [0.1, 0.15) is 5.75 Å². The smallest absolute Gasteiger partial charge is 0.475 e. The molecule has 26 heavy (non-hydrogen) atoms. The Morgan fingerprint density at radius 3 is 1.96 bits per heavy atom. The zero-order chi connectivity index (χ0) is 20.0. The molecule has 1 aromatic rings. The predicted molar refractivity (Wildman–Crippen MR) is 79.3 cm³/mol. The third kappa shape index (κ3) is 8.90. The Morgan fingerprint density at radius 1 is 1.12 bits per heavy atom. The number of hydrogen-bond acceptors (Lipinski definition) is 4. The summed E-state index contributed by atoms with van der Waals surface area (Å²) in [5.74, 6) is -2.94. The maximum Gasteiger partial charge on any atom is 0.573 e. The summed E-state index contributed by atoms with van der Waals surface area (Å²) in [6.07, 6.45) is -7.78. The average molecular weight is 388 g/mol. The van der Waals surface area contributed by atoms with Crippen LogP contribution < -0.4 is 10.5 Å². The molecule has 0 amide bonds. The number of carboxylic acids is 1. The molecule has 148 valence electrons. The SMILES string of the molecule is NC1CCN(Cc2ccc(OC(F)(F)F)cc2)CC1.O=C(O)C(F)(F)F. The van der Waals surface area contributed by atoms with E-state index in [0.29, 0.717) is 0 Å². The molecule has 2 rings (SSSR count). The van der Waals surface area contributed by atoms with Gasteiger partial charge >= 0.3 is 18.5 Å². The first-order valence-corrected chi connectivity index (χ1v) is 7.49. The Morgan fingerprint density at radius 2 is 1.58 bits per heavy atom. The van der Waals surface area contributed by atoms with Crippen LogP contribution in [0.25, 0.3) is 0 Å². The minimum atomic E-state index is -5.08. The number of ether oxygens (including phenoxy) is 1. The van der Waals surface area contributed by atoms with E-state index >= 15 is 0 Å². The van der Waals surface area contributed by atoms with E-state index in [4.69, 9.17) is 15.6 Å². The Bertz CT molecular complexity index is 566. The number of rotatable bonds is 3. The molecule has 0 radical (unpaired) electrons. The zero-order valence-corrected chi connectivity index (χ0v) is 13.5. The number of likely N-dealkylation sites (tertiary alicyclic amines) is 1. The number of nitrogens with two attached hydrogens (primary N) is 1. The molecule has 0 atom stereocenters. The fourth-order valence-electron chi connectivity index (χ4n) is 2.17. The molecular formula is C15H18F6N2O3. The zero-order valence-electron chi connectivity index (χ0n) is 13.5. The van der Waals surface area contributed by atoms with Crippen LogP contribution in [0.2, 0.25) is 0 Å². The van der Waals surface area contributed by atoms with Crippen molar-refractivity contribution in [3.05, 3.63) is 29.8 Å². The second-order valence-electron chi connectivity index (χ2n) is 5.61. The van der Waals surface area contributed by atoms with Crippen LogP contribution in [0.1, 0.15) is 18.4 Å². The van der Waals surface area contributed by atoms with Crippen molar-refractivity contribution >= 4 is 5.97 Å². The van der Waals surface area contributed by atoms with Gasteiger partial charge in [0.25, 0.3) is 0 Å². The average Bonchev–Trinajstić information content (AvgIpc) is 2.50. The van der Waals surface area contributed by atoms with E-state index in [-0.39, 0.29) is 11.8 Å². The molecule has 0 unspecified atom stereocenters. The lowest BCUT2D eigenvalue weighted by atomic mass is 10.1. The molecule has 1 aliphatic heterocycles. The molecule has 0 saturated carbocycles.